The number of hydrogen-bond acceptors (Lipinski definition) is 3. The first-order valence-corrected chi connectivity index (χ1v) is 7.99. The zero-order valence-electron chi connectivity index (χ0n) is 13.8. The minimum Gasteiger partial charge on any atom is -0.381 e. The van der Waals surface area contributed by atoms with Crippen LogP contribution in [0.25, 0.3) is 0 Å². The first-order chi connectivity index (χ1) is 9.78. The molecule has 2 fully saturated rings. The Labute approximate surface area is 127 Å². The highest BCUT2D eigenvalue weighted by Crippen LogP contribution is 2.34. The topological polar surface area (TPSA) is 58.6 Å². The Morgan fingerprint density at radius 2 is 1.71 bits per heavy atom. The maximum absolute atomic E-state index is 13.0. The van der Waals surface area contributed by atoms with Gasteiger partial charge < -0.3 is 15.0 Å². The summed E-state index contributed by atoms with van der Waals surface area (Å²) in [6.45, 7) is 11.4. The van der Waals surface area contributed by atoms with Crippen molar-refractivity contribution in [3.63, 3.8) is 0 Å². The standard InChI is InChI=1S/C16H28N2O3/c1-10(2)12-15(20)18(13(11(3)4)14(19)17-12)16(5)6-8-21-9-7-16/h10-13H,6-9H2,1-5H3,(H,17,19). The molecule has 2 unspecified atom stereocenters. The highest BCUT2D eigenvalue weighted by Gasteiger charge is 2.50. The smallest absolute Gasteiger partial charge is 0.246 e. The van der Waals surface area contributed by atoms with Crippen LogP contribution in [0, 0.1) is 11.8 Å². The third-order valence-electron chi connectivity index (χ3n) is 4.80. The molecule has 1 N–H and O–H groups in total. The lowest BCUT2D eigenvalue weighted by Gasteiger charge is -2.52. The molecule has 0 bridgehead atoms. The number of nitrogens with zero attached hydrogens (tertiary/aromatic N) is 1. The monoisotopic (exact) mass is 296 g/mol. The highest BCUT2D eigenvalue weighted by molar-refractivity contribution is 5.97. The Balaban J connectivity index is 2.38. The molecule has 2 rings (SSSR count). The third-order valence-corrected chi connectivity index (χ3v) is 4.80. The summed E-state index contributed by atoms with van der Waals surface area (Å²) in [6.07, 6.45) is 1.58. The molecule has 2 atom stereocenters. The molecule has 5 nitrogen and oxygen atoms in total. The molecule has 120 valence electrons. The van der Waals surface area contributed by atoms with Crippen molar-refractivity contribution in [2.45, 2.75) is 65.1 Å². The summed E-state index contributed by atoms with van der Waals surface area (Å²) < 4.78 is 5.45. The van der Waals surface area contributed by atoms with Crippen molar-refractivity contribution < 1.29 is 14.3 Å². The lowest BCUT2D eigenvalue weighted by atomic mass is 9.83. The van der Waals surface area contributed by atoms with Crippen LogP contribution in [0.2, 0.25) is 0 Å². The Hall–Kier alpha value is -1.10. The fraction of sp³-hybridized carbons (Fsp3) is 0.875. The van der Waals surface area contributed by atoms with Gasteiger partial charge in [-0.25, -0.2) is 0 Å². The van der Waals surface area contributed by atoms with Crippen LogP contribution in [-0.2, 0) is 14.3 Å². The van der Waals surface area contributed by atoms with Gasteiger partial charge in [-0.05, 0) is 31.6 Å². The average molecular weight is 296 g/mol. The number of carbonyl (C=O) groups is 2. The molecule has 2 amide bonds. The van der Waals surface area contributed by atoms with Crippen molar-refractivity contribution in [3.05, 3.63) is 0 Å². The van der Waals surface area contributed by atoms with E-state index in [0.717, 1.165) is 12.8 Å². The first-order valence-electron chi connectivity index (χ1n) is 7.99. The Kier molecular flexibility index (Phi) is 4.61. The van der Waals surface area contributed by atoms with Gasteiger partial charge in [-0.1, -0.05) is 27.7 Å². The SMILES string of the molecule is CC(C)C1NC(=O)C(C(C)C)N(C2(C)CCOCC2)C1=O. The molecule has 0 aromatic heterocycles. The van der Waals surface area contributed by atoms with Gasteiger partial charge in [-0.3, -0.25) is 9.59 Å². The van der Waals surface area contributed by atoms with Crippen LogP contribution in [0.3, 0.4) is 0 Å². The third kappa shape index (κ3) is 2.93. The minimum absolute atomic E-state index is 0.0176. The first kappa shape index (κ1) is 16.3. The van der Waals surface area contributed by atoms with Crippen LogP contribution in [0.15, 0.2) is 0 Å². The second-order valence-corrected chi connectivity index (χ2v) is 7.24. The van der Waals surface area contributed by atoms with E-state index < -0.39 is 6.04 Å². The van der Waals surface area contributed by atoms with Crippen molar-refractivity contribution in [3.8, 4) is 0 Å². The Morgan fingerprint density at radius 3 is 2.19 bits per heavy atom. The van der Waals surface area contributed by atoms with Crippen molar-refractivity contribution in [1.29, 1.82) is 0 Å². The van der Waals surface area contributed by atoms with E-state index in [1.165, 1.54) is 0 Å². The molecular formula is C16H28N2O3. The summed E-state index contributed by atoms with van der Waals surface area (Å²) in [5, 5.41) is 2.92. The number of amides is 2. The van der Waals surface area contributed by atoms with E-state index >= 15 is 0 Å². The molecule has 0 radical (unpaired) electrons. The van der Waals surface area contributed by atoms with Crippen molar-refractivity contribution >= 4 is 11.8 Å². The van der Waals surface area contributed by atoms with E-state index in [1.54, 1.807) is 0 Å². The van der Waals surface area contributed by atoms with Gasteiger partial charge in [0.25, 0.3) is 0 Å². The zero-order chi connectivity index (χ0) is 15.8. The maximum atomic E-state index is 13.0. The minimum atomic E-state index is -0.410. The van der Waals surface area contributed by atoms with Gasteiger partial charge in [0, 0.05) is 18.8 Å². The molecular weight excluding hydrogens is 268 g/mol. The molecule has 0 aromatic rings. The molecule has 5 heteroatoms. The maximum Gasteiger partial charge on any atom is 0.246 e. The fourth-order valence-corrected chi connectivity index (χ4v) is 3.41. The summed E-state index contributed by atoms with van der Waals surface area (Å²) >= 11 is 0. The molecule has 2 heterocycles. The number of carbonyl (C=O) groups excluding carboxylic acids is 2. The normalized spacial score (nSPS) is 30.0. The summed E-state index contributed by atoms with van der Waals surface area (Å²) in [7, 11) is 0. The van der Waals surface area contributed by atoms with Crippen LogP contribution in [-0.4, -0.2) is 47.6 Å². The predicted octanol–water partition coefficient (Wildman–Crippen LogP) is 1.56. The molecule has 2 aliphatic heterocycles. The number of ether oxygens (including phenoxy) is 1. The van der Waals surface area contributed by atoms with Crippen LogP contribution >= 0.6 is 0 Å². The van der Waals surface area contributed by atoms with E-state index in [0.29, 0.717) is 13.2 Å². The lowest BCUT2D eigenvalue weighted by molar-refractivity contribution is -0.164. The molecule has 21 heavy (non-hydrogen) atoms. The molecule has 0 saturated carbocycles. The van der Waals surface area contributed by atoms with Crippen molar-refractivity contribution in [2.75, 3.05) is 13.2 Å². The van der Waals surface area contributed by atoms with E-state index in [1.807, 2.05) is 32.6 Å². The van der Waals surface area contributed by atoms with Crippen molar-refractivity contribution in [1.82, 2.24) is 10.2 Å². The number of nitrogens with one attached hydrogen (secondary N) is 1. The predicted molar refractivity (Wildman–Crippen MR) is 80.7 cm³/mol. The van der Waals surface area contributed by atoms with Gasteiger partial charge in [0.15, 0.2) is 0 Å². The Bertz CT molecular complexity index is 414. The van der Waals surface area contributed by atoms with Crippen molar-refractivity contribution in [2.24, 2.45) is 11.8 Å². The fourth-order valence-electron chi connectivity index (χ4n) is 3.41. The second-order valence-electron chi connectivity index (χ2n) is 7.24. The number of hydrogen-bond donors (Lipinski definition) is 1. The van der Waals surface area contributed by atoms with E-state index in [9.17, 15) is 9.59 Å². The number of rotatable bonds is 3. The van der Waals surface area contributed by atoms with Gasteiger partial charge in [-0.15, -0.1) is 0 Å². The second kappa shape index (κ2) is 5.95. The van der Waals surface area contributed by atoms with Crippen LogP contribution < -0.4 is 5.32 Å². The van der Waals surface area contributed by atoms with E-state index in [2.05, 4.69) is 12.2 Å². The zero-order valence-corrected chi connectivity index (χ0v) is 13.8. The average Bonchev–Trinajstić information content (AvgIpc) is 2.40. The summed E-state index contributed by atoms with van der Waals surface area (Å²) in [5.41, 5.74) is -0.283. The summed E-state index contributed by atoms with van der Waals surface area (Å²) in [6, 6.07) is -0.789. The van der Waals surface area contributed by atoms with Crippen LogP contribution in [0.5, 0.6) is 0 Å². The van der Waals surface area contributed by atoms with Gasteiger partial charge in [0.1, 0.15) is 12.1 Å². The van der Waals surface area contributed by atoms with Gasteiger partial charge in [0.05, 0.1) is 0 Å². The highest BCUT2D eigenvalue weighted by atomic mass is 16.5. The molecule has 2 aliphatic rings. The van der Waals surface area contributed by atoms with Crippen LogP contribution in [0.4, 0.5) is 0 Å². The molecule has 0 spiro atoms. The summed E-state index contributed by atoms with van der Waals surface area (Å²) in [4.78, 5) is 27.4. The molecule has 2 saturated heterocycles. The lowest BCUT2D eigenvalue weighted by Crippen LogP contribution is -2.71. The molecule has 0 aliphatic carbocycles. The van der Waals surface area contributed by atoms with E-state index in [4.69, 9.17) is 4.74 Å². The van der Waals surface area contributed by atoms with Gasteiger partial charge >= 0.3 is 0 Å². The summed E-state index contributed by atoms with van der Waals surface area (Å²) in [5.74, 6) is 0.242. The van der Waals surface area contributed by atoms with Gasteiger partial charge in [-0.2, -0.15) is 0 Å². The largest absolute Gasteiger partial charge is 0.381 e. The quantitative estimate of drug-likeness (QED) is 0.860. The van der Waals surface area contributed by atoms with E-state index in [-0.39, 0.29) is 35.2 Å². The van der Waals surface area contributed by atoms with Gasteiger partial charge in [0.2, 0.25) is 11.8 Å². The molecule has 0 aromatic carbocycles. The number of piperazine rings is 1. The Morgan fingerprint density at radius 1 is 1.14 bits per heavy atom. The van der Waals surface area contributed by atoms with Crippen LogP contribution in [0.1, 0.15) is 47.5 Å².